The molecule has 0 saturated heterocycles. The number of carbonyl (C=O) groups is 1. The zero-order chi connectivity index (χ0) is 22.4. The molecule has 5 heteroatoms. The van der Waals surface area contributed by atoms with Crippen LogP contribution in [0.25, 0.3) is 0 Å². The summed E-state index contributed by atoms with van der Waals surface area (Å²) in [7, 11) is 8.22. The van der Waals surface area contributed by atoms with E-state index in [-0.39, 0.29) is 17.9 Å². The van der Waals surface area contributed by atoms with Gasteiger partial charge in [-0.1, -0.05) is 67.1 Å². The molecule has 1 fully saturated rings. The van der Waals surface area contributed by atoms with E-state index in [9.17, 15) is 9.90 Å². The largest absolute Gasteiger partial charge is 0.459 e. The molecule has 0 unspecified atom stereocenters. The molecule has 0 radical (unpaired) electrons. The highest BCUT2D eigenvalue weighted by Crippen LogP contribution is 2.37. The van der Waals surface area contributed by atoms with E-state index in [0.717, 1.165) is 32.4 Å². The SMILES string of the molecule is CN(C)C[C@H]1CCC[C@H](CN(C)C)C1OC(=O)C(O)(c1ccccc1)c1ccccc1. The smallest absolute Gasteiger partial charge is 0.347 e. The maximum atomic E-state index is 13.7. The number of aliphatic hydroxyl groups is 1. The summed E-state index contributed by atoms with van der Waals surface area (Å²) < 4.78 is 6.25. The third kappa shape index (κ3) is 5.53. The van der Waals surface area contributed by atoms with Crippen LogP contribution in [0.15, 0.2) is 60.7 Å². The van der Waals surface area contributed by atoms with E-state index >= 15 is 0 Å². The minimum atomic E-state index is -1.84. The lowest BCUT2D eigenvalue weighted by atomic mass is 9.77. The van der Waals surface area contributed by atoms with E-state index in [4.69, 9.17) is 4.74 Å². The Bertz CT molecular complexity index is 766. The van der Waals surface area contributed by atoms with Gasteiger partial charge in [-0.15, -0.1) is 0 Å². The number of ether oxygens (including phenoxy) is 1. The number of nitrogens with zero attached hydrogens (tertiary/aromatic N) is 2. The summed E-state index contributed by atoms with van der Waals surface area (Å²) in [6.07, 6.45) is 2.95. The fraction of sp³-hybridized carbons (Fsp3) is 0.500. The minimum absolute atomic E-state index is 0.231. The molecule has 0 spiro atoms. The van der Waals surface area contributed by atoms with Crippen molar-refractivity contribution in [3.8, 4) is 0 Å². The van der Waals surface area contributed by atoms with Crippen LogP contribution >= 0.6 is 0 Å². The molecule has 0 aliphatic heterocycles. The minimum Gasteiger partial charge on any atom is -0.459 e. The number of hydrogen-bond donors (Lipinski definition) is 1. The maximum absolute atomic E-state index is 13.7. The summed E-state index contributed by atoms with van der Waals surface area (Å²) in [5.41, 5.74) is -0.795. The number of hydrogen-bond acceptors (Lipinski definition) is 5. The molecule has 2 aromatic carbocycles. The molecule has 1 aliphatic rings. The number of esters is 1. The average molecular weight is 425 g/mol. The molecule has 2 aromatic rings. The Hall–Kier alpha value is -2.21. The Balaban J connectivity index is 1.96. The molecule has 0 amide bonds. The Morgan fingerprint density at radius 3 is 1.68 bits per heavy atom. The van der Waals surface area contributed by atoms with Gasteiger partial charge in [0.05, 0.1) is 0 Å². The number of carbonyl (C=O) groups excluding carboxylic acids is 1. The van der Waals surface area contributed by atoms with Crippen molar-refractivity contribution in [2.75, 3.05) is 41.3 Å². The summed E-state index contributed by atoms with van der Waals surface area (Å²) in [5, 5.41) is 11.8. The van der Waals surface area contributed by atoms with Crippen LogP contribution in [0, 0.1) is 11.8 Å². The normalized spacial score (nSPS) is 20.2. The van der Waals surface area contributed by atoms with Crippen molar-refractivity contribution in [3.05, 3.63) is 71.8 Å². The van der Waals surface area contributed by atoms with Crippen LogP contribution in [0.5, 0.6) is 0 Å². The van der Waals surface area contributed by atoms with Gasteiger partial charge in [-0.25, -0.2) is 4.79 Å². The Morgan fingerprint density at radius 1 is 0.871 bits per heavy atom. The van der Waals surface area contributed by atoms with Gasteiger partial charge >= 0.3 is 5.97 Å². The summed E-state index contributed by atoms with van der Waals surface area (Å²) in [4.78, 5) is 18.0. The molecule has 1 saturated carbocycles. The molecule has 2 atom stereocenters. The molecular weight excluding hydrogens is 388 g/mol. The van der Waals surface area contributed by atoms with E-state index in [1.54, 1.807) is 24.3 Å². The molecule has 1 N–H and O–H groups in total. The predicted octanol–water partition coefficient (Wildman–Crippen LogP) is 3.37. The topological polar surface area (TPSA) is 53.0 Å². The van der Waals surface area contributed by atoms with Gasteiger partial charge in [0.15, 0.2) is 0 Å². The van der Waals surface area contributed by atoms with Gasteiger partial charge in [-0.05, 0) is 52.2 Å². The summed E-state index contributed by atoms with van der Waals surface area (Å²) in [6.45, 7) is 1.72. The maximum Gasteiger partial charge on any atom is 0.347 e. The lowest BCUT2D eigenvalue weighted by Crippen LogP contribution is -2.49. The van der Waals surface area contributed by atoms with Crippen LogP contribution < -0.4 is 0 Å². The second kappa shape index (κ2) is 10.4. The van der Waals surface area contributed by atoms with E-state index < -0.39 is 11.6 Å². The molecule has 0 heterocycles. The van der Waals surface area contributed by atoms with Crippen molar-refractivity contribution >= 4 is 5.97 Å². The van der Waals surface area contributed by atoms with Crippen molar-refractivity contribution in [2.45, 2.75) is 31.0 Å². The standard InChI is InChI=1S/C26H36N2O3/c1-27(2)18-20-12-11-13-21(19-28(3)4)24(20)31-25(29)26(30,22-14-7-5-8-15-22)23-16-9-6-10-17-23/h5-10,14-17,20-21,24,30H,11-13,18-19H2,1-4H3/t20-,21-/m1/s1. The van der Waals surface area contributed by atoms with Crippen molar-refractivity contribution in [3.63, 3.8) is 0 Å². The van der Waals surface area contributed by atoms with Gasteiger partial charge in [0, 0.05) is 24.9 Å². The molecule has 31 heavy (non-hydrogen) atoms. The Kier molecular flexibility index (Phi) is 7.87. The highest BCUT2D eigenvalue weighted by Gasteiger charge is 2.45. The molecule has 0 bridgehead atoms. The van der Waals surface area contributed by atoms with Gasteiger partial charge in [0.2, 0.25) is 5.60 Å². The first-order chi connectivity index (χ1) is 14.8. The Morgan fingerprint density at radius 2 is 1.29 bits per heavy atom. The molecule has 1 aliphatic carbocycles. The summed E-state index contributed by atoms with van der Waals surface area (Å²) in [5.74, 6) is -0.105. The van der Waals surface area contributed by atoms with Crippen LogP contribution in [0.3, 0.4) is 0 Å². The third-order valence-electron chi connectivity index (χ3n) is 6.20. The van der Waals surface area contributed by atoms with E-state index in [1.165, 1.54) is 0 Å². The second-order valence-corrected chi connectivity index (χ2v) is 9.29. The molecule has 3 rings (SSSR count). The summed E-state index contributed by atoms with van der Waals surface area (Å²) in [6, 6.07) is 18.2. The van der Waals surface area contributed by atoms with E-state index in [1.807, 2.05) is 36.4 Å². The summed E-state index contributed by atoms with van der Waals surface area (Å²) >= 11 is 0. The zero-order valence-corrected chi connectivity index (χ0v) is 19.2. The molecule has 5 nitrogen and oxygen atoms in total. The van der Waals surface area contributed by atoms with Crippen molar-refractivity contribution in [2.24, 2.45) is 11.8 Å². The van der Waals surface area contributed by atoms with Crippen molar-refractivity contribution in [1.82, 2.24) is 9.80 Å². The first-order valence-electron chi connectivity index (χ1n) is 11.2. The van der Waals surface area contributed by atoms with Crippen LogP contribution in [0.1, 0.15) is 30.4 Å². The highest BCUT2D eigenvalue weighted by molar-refractivity contribution is 5.85. The third-order valence-corrected chi connectivity index (χ3v) is 6.20. The first-order valence-corrected chi connectivity index (χ1v) is 11.2. The first kappa shape index (κ1) is 23.5. The van der Waals surface area contributed by atoms with E-state index in [0.29, 0.717) is 11.1 Å². The second-order valence-electron chi connectivity index (χ2n) is 9.29. The lowest BCUT2D eigenvalue weighted by Gasteiger charge is -2.41. The van der Waals surface area contributed by atoms with E-state index in [2.05, 4.69) is 38.0 Å². The quantitative estimate of drug-likeness (QED) is 0.659. The predicted molar refractivity (Wildman–Crippen MR) is 124 cm³/mol. The number of benzene rings is 2. The monoisotopic (exact) mass is 424 g/mol. The average Bonchev–Trinajstić information content (AvgIpc) is 2.75. The van der Waals surface area contributed by atoms with Gasteiger partial charge in [0.25, 0.3) is 0 Å². The van der Waals surface area contributed by atoms with Crippen LogP contribution in [0.2, 0.25) is 0 Å². The van der Waals surface area contributed by atoms with Crippen LogP contribution in [0.4, 0.5) is 0 Å². The highest BCUT2D eigenvalue weighted by atomic mass is 16.6. The fourth-order valence-electron chi connectivity index (χ4n) is 4.85. The van der Waals surface area contributed by atoms with Gasteiger partial charge < -0.3 is 19.6 Å². The number of rotatable bonds is 8. The molecule has 168 valence electrons. The fourth-order valence-corrected chi connectivity index (χ4v) is 4.85. The van der Waals surface area contributed by atoms with Crippen molar-refractivity contribution < 1.29 is 14.6 Å². The van der Waals surface area contributed by atoms with Gasteiger partial charge in [-0.3, -0.25) is 0 Å². The molecule has 0 aromatic heterocycles. The van der Waals surface area contributed by atoms with Gasteiger partial charge in [0.1, 0.15) is 6.10 Å². The van der Waals surface area contributed by atoms with Crippen LogP contribution in [-0.4, -0.2) is 68.3 Å². The zero-order valence-electron chi connectivity index (χ0n) is 19.2. The molecular formula is C26H36N2O3. The van der Waals surface area contributed by atoms with Crippen molar-refractivity contribution in [1.29, 1.82) is 0 Å². The lowest BCUT2D eigenvalue weighted by molar-refractivity contribution is -0.177. The van der Waals surface area contributed by atoms with Gasteiger partial charge in [-0.2, -0.15) is 0 Å². The van der Waals surface area contributed by atoms with Crippen LogP contribution in [-0.2, 0) is 15.1 Å². The Labute approximate surface area is 186 Å².